The topological polar surface area (TPSA) is 0 Å². The minimum absolute atomic E-state index is 0.700. The van der Waals surface area contributed by atoms with Crippen molar-refractivity contribution in [2.24, 2.45) is 23.2 Å². The van der Waals surface area contributed by atoms with Crippen molar-refractivity contribution in [1.29, 1.82) is 0 Å². The molecule has 102 valence electrons. The first-order valence-electron chi connectivity index (χ1n) is 8.00. The zero-order chi connectivity index (χ0) is 12.9. The highest BCUT2D eigenvalue weighted by atomic mass is 14.4. The number of hydrogen-bond donors (Lipinski definition) is 0. The molecular weight excluding hydrogens is 204 g/mol. The summed E-state index contributed by atoms with van der Waals surface area (Å²) >= 11 is 0. The van der Waals surface area contributed by atoms with Crippen LogP contribution in [0.4, 0.5) is 0 Å². The summed E-state index contributed by atoms with van der Waals surface area (Å²) in [6.45, 7) is 12.0. The third-order valence-electron chi connectivity index (χ3n) is 4.66. The van der Waals surface area contributed by atoms with Gasteiger partial charge in [-0.2, -0.15) is 0 Å². The lowest BCUT2D eigenvalue weighted by Gasteiger charge is -2.46. The zero-order valence-electron chi connectivity index (χ0n) is 12.9. The fourth-order valence-corrected chi connectivity index (χ4v) is 4.33. The summed E-state index contributed by atoms with van der Waals surface area (Å²) in [7, 11) is 0. The van der Waals surface area contributed by atoms with Gasteiger partial charge in [-0.05, 0) is 55.3 Å². The van der Waals surface area contributed by atoms with E-state index in [4.69, 9.17) is 0 Å². The SMILES string of the molecule is CCCC1(CC(C)C)CCCCC1CC(C)C. The molecule has 0 heteroatoms. The van der Waals surface area contributed by atoms with E-state index in [1.165, 1.54) is 51.4 Å². The van der Waals surface area contributed by atoms with E-state index in [1.54, 1.807) is 0 Å². The van der Waals surface area contributed by atoms with Gasteiger partial charge in [0.25, 0.3) is 0 Å². The van der Waals surface area contributed by atoms with Crippen LogP contribution < -0.4 is 0 Å². The largest absolute Gasteiger partial charge is 0.0654 e. The maximum Gasteiger partial charge on any atom is -0.0267 e. The highest BCUT2D eigenvalue weighted by Crippen LogP contribution is 2.51. The Morgan fingerprint density at radius 2 is 1.76 bits per heavy atom. The van der Waals surface area contributed by atoms with Crippen LogP contribution in [-0.4, -0.2) is 0 Å². The Kier molecular flexibility index (Phi) is 6.03. The van der Waals surface area contributed by atoms with Gasteiger partial charge in [0.1, 0.15) is 0 Å². The minimum atomic E-state index is 0.700. The second-order valence-electron chi connectivity index (χ2n) is 7.28. The summed E-state index contributed by atoms with van der Waals surface area (Å²) in [6.07, 6.45) is 11.8. The van der Waals surface area contributed by atoms with E-state index in [1.807, 2.05) is 0 Å². The number of rotatable bonds is 6. The van der Waals surface area contributed by atoms with Crippen LogP contribution in [-0.2, 0) is 0 Å². The molecule has 2 unspecified atom stereocenters. The molecule has 2 atom stereocenters. The van der Waals surface area contributed by atoms with Crippen molar-refractivity contribution in [3.63, 3.8) is 0 Å². The molecule has 0 saturated heterocycles. The highest BCUT2D eigenvalue weighted by molar-refractivity contribution is 4.90. The normalized spacial score (nSPS) is 30.2. The van der Waals surface area contributed by atoms with Gasteiger partial charge in [-0.3, -0.25) is 0 Å². The molecule has 0 radical (unpaired) electrons. The standard InChI is InChI=1S/C17H34/c1-6-10-17(13-15(4)5)11-8-7-9-16(17)12-14(2)3/h14-16H,6-13H2,1-5H3. The van der Waals surface area contributed by atoms with E-state index in [0.29, 0.717) is 5.41 Å². The van der Waals surface area contributed by atoms with Gasteiger partial charge < -0.3 is 0 Å². The molecule has 1 rings (SSSR count). The molecule has 0 aliphatic heterocycles. The third-order valence-corrected chi connectivity index (χ3v) is 4.66. The summed E-state index contributed by atoms with van der Waals surface area (Å²) in [5.41, 5.74) is 0.700. The summed E-state index contributed by atoms with van der Waals surface area (Å²) in [4.78, 5) is 0. The Labute approximate surface area is 110 Å². The summed E-state index contributed by atoms with van der Waals surface area (Å²) in [5, 5.41) is 0. The van der Waals surface area contributed by atoms with Crippen molar-refractivity contribution in [3.8, 4) is 0 Å². The lowest BCUT2D eigenvalue weighted by molar-refractivity contribution is 0.0423. The molecule has 0 nitrogen and oxygen atoms in total. The van der Waals surface area contributed by atoms with Gasteiger partial charge in [0.15, 0.2) is 0 Å². The quantitative estimate of drug-likeness (QED) is 0.528. The number of hydrogen-bond acceptors (Lipinski definition) is 0. The molecule has 0 aromatic heterocycles. The van der Waals surface area contributed by atoms with Gasteiger partial charge in [0.05, 0.1) is 0 Å². The average molecular weight is 238 g/mol. The fourth-order valence-electron chi connectivity index (χ4n) is 4.33. The Morgan fingerprint density at radius 1 is 1.06 bits per heavy atom. The first-order chi connectivity index (χ1) is 8.00. The van der Waals surface area contributed by atoms with Crippen LogP contribution in [0, 0.1) is 23.2 Å². The van der Waals surface area contributed by atoms with Gasteiger partial charge in [0, 0.05) is 0 Å². The van der Waals surface area contributed by atoms with Crippen LogP contribution in [0.15, 0.2) is 0 Å². The molecule has 17 heavy (non-hydrogen) atoms. The fraction of sp³-hybridized carbons (Fsp3) is 1.00. The Hall–Kier alpha value is 0. The molecule has 0 aromatic rings. The van der Waals surface area contributed by atoms with Crippen molar-refractivity contribution in [1.82, 2.24) is 0 Å². The van der Waals surface area contributed by atoms with E-state index in [2.05, 4.69) is 34.6 Å². The molecular formula is C17H34. The van der Waals surface area contributed by atoms with Crippen molar-refractivity contribution >= 4 is 0 Å². The maximum atomic E-state index is 2.42. The molecule has 0 heterocycles. The van der Waals surface area contributed by atoms with Crippen LogP contribution in [0.2, 0.25) is 0 Å². The average Bonchev–Trinajstić information content (AvgIpc) is 2.20. The molecule has 1 aliphatic rings. The predicted molar refractivity (Wildman–Crippen MR) is 78.2 cm³/mol. The van der Waals surface area contributed by atoms with E-state index >= 15 is 0 Å². The van der Waals surface area contributed by atoms with E-state index in [-0.39, 0.29) is 0 Å². The first-order valence-corrected chi connectivity index (χ1v) is 8.00. The molecule has 1 aliphatic carbocycles. The maximum absolute atomic E-state index is 2.42. The van der Waals surface area contributed by atoms with Crippen LogP contribution >= 0.6 is 0 Å². The highest BCUT2D eigenvalue weighted by Gasteiger charge is 2.39. The van der Waals surface area contributed by atoms with E-state index in [0.717, 1.165) is 17.8 Å². The zero-order valence-corrected chi connectivity index (χ0v) is 12.9. The summed E-state index contributed by atoms with van der Waals surface area (Å²) in [6, 6.07) is 0. The smallest absolute Gasteiger partial charge is 0.0267 e. The lowest BCUT2D eigenvalue weighted by atomic mass is 9.59. The van der Waals surface area contributed by atoms with Crippen LogP contribution in [0.3, 0.4) is 0 Å². The Balaban J connectivity index is 2.79. The Morgan fingerprint density at radius 3 is 2.29 bits per heavy atom. The molecule has 0 N–H and O–H groups in total. The second kappa shape index (κ2) is 6.81. The van der Waals surface area contributed by atoms with Crippen LogP contribution in [0.5, 0.6) is 0 Å². The lowest BCUT2D eigenvalue weighted by Crippen LogP contribution is -2.36. The molecule has 0 bridgehead atoms. The van der Waals surface area contributed by atoms with Crippen LogP contribution in [0.25, 0.3) is 0 Å². The Bertz CT molecular complexity index is 200. The van der Waals surface area contributed by atoms with Crippen molar-refractivity contribution in [2.45, 2.75) is 86.0 Å². The van der Waals surface area contributed by atoms with Crippen molar-refractivity contribution in [3.05, 3.63) is 0 Å². The minimum Gasteiger partial charge on any atom is -0.0654 e. The summed E-state index contributed by atoms with van der Waals surface area (Å²) < 4.78 is 0. The van der Waals surface area contributed by atoms with Gasteiger partial charge in [-0.25, -0.2) is 0 Å². The van der Waals surface area contributed by atoms with Gasteiger partial charge in [-0.15, -0.1) is 0 Å². The predicted octanol–water partition coefficient (Wildman–Crippen LogP) is 6.06. The van der Waals surface area contributed by atoms with E-state index < -0.39 is 0 Å². The molecule has 0 aromatic carbocycles. The third kappa shape index (κ3) is 4.30. The second-order valence-corrected chi connectivity index (χ2v) is 7.28. The van der Waals surface area contributed by atoms with Gasteiger partial charge >= 0.3 is 0 Å². The van der Waals surface area contributed by atoms with E-state index in [9.17, 15) is 0 Å². The summed E-state index contributed by atoms with van der Waals surface area (Å²) in [5.74, 6) is 2.76. The van der Waals surface area contributed by atoms with Crippen molar-refractivity contribution in [2.75, 3.05) is 0 Å². The van der Waals surface area contributed by atoms with Gasteiger partial charge in [0.2, 0.25) is 0 Å². The van der Waals surface area contributed by atoms with Crippen molar-refractivity contribution < 1.29 is 0 Å². The molecule has 1 saturated carbocycles. The van der Waals surface area contributed by atoms with Gasteiger partial charge in [-0.1, -0.05) is 53.9 Å². The molecule has 0 spiro atoms. The molecule has 0 amide bonds. The van der Waals surface area contributed by atoms with Crippen LogP contribution in [0.1, 0.15) is 86.0 Å². The monoisotopic (exact) mass is 238 g/mol. The first kappa shape index (κ1) is 15.1. The molecule has 1 fully saturated rings.